The van der Waals surface area contributed by atoms with E-state index in [1.165, 1.54) is 43.4 Å². The minimum atomic E-state index is -0.326. The highest BCUT2D eigenvalue weighted by atomic mass is 32.1. The van der Waals surface area contributed by atoms with Crippen LogP contribution in [0.4, 0.5) is 0 Å². The fourth-order valence-electron chi connectivity index (χ4n) is 2.69. The lowest BCUT2D eigenvalue weighted by molar-refractivity contribution is -0.123. The van der Waals surface area contributed by atoms with Crippen molar-refractivity contribution in [3.63, 3.8) is 0 Å². The number of carbonyl (C=O) groups excluding carboxylic acids is 1. The van der Waals surface area contributed by atoms with Gasteiger partial charge in [0.2, 0.25) is 0 Å². The van der Waals surface area contributed by atoms with Crippen molar-refractivity contribution < 1.29 is 9.53 Å². The minimum absolute atomic E-state index is 0.0424. The number of methoxy groups -OCH3 is 1. The maximum absolute atomic E-state index is 12.5. The van der Waals surface area contributed by atoms with E-state index >= 15 is 0 Å². The van der Waals surface area contributed by atoms with Gasteiger partial charge in [0, 0.05) is 23.7 Å². The molecule has 1 unspecified atom stereocenters. The van der Waals surface area contributed by atoms with Gasteiger partial charge in [-0.25, -0.2) is 0 Å². The van der Waals surface area contributed by atoms with Crippen LogP contribution in [0.2, 0.25) is 0 Å². The number of amides is 1. The van der Waals surface area contributed by atoms with Crippen LogP contribution in [0.1, 0.15) is 57.9 Å². The summed E-state index contributed by atoms with van der Waals surface area (Å²) in [4.78, 5) is 27.9. The van der Waals surface area contributed by atoms with Gasteiger partial charge in [-0.15, -0.1) is 12.6 Å². The molecule has 0 radical (unpaired) electrons. The van der Waals surface area contributed by atoms with Crippen molar-refractivity contribution in [1.82, 2.24) is 9.88 Å². The molecule has 0 spiro atoms. The molecule has 0 saturated carbocycles. The third kappa shape index (κ3) is 6.71. The summed E-state index contributed by atoms with van der Waals surface area (Å²) in [6, 6.07) is 1.26. The first kappa shape index (κ1) is 22.0. The minimum Gasteiger partial charge on any atom is -0.496 e. The first-order chi connectivity index (χ1) is 12.4. The summed E-state index contributed by atoms with van der Waals surface area (Å²) >= 11 is 4.23. The molecule has 7 heteroatoms. The number of unbranched alkanes of at least 4 members (excludes halogenated alkanes) is 4. The standard InChI is InChI=1S/C19H29N3O3S/c1-4-5-6-7-8-9-14(2)22(13-20)18(24)11-10-15-16(25-3)12-17(23)21-19(15)26/h10-14,20H,4-9H2,1-3H3,(H2,21,23,26)/b11-10+,20-13?. The average molecular weight is 380 g/mol. The zero-order valence-corrected chi connectivity index (χ0v) is 16.6. The molecule has 1 heterocycles. The second kappa shape index (κ2) is 11.6. The topological polar surface area (TPSA) is 86.2 Å². The van der Waals surface area contributed by atoms with E-state index in [1.807, 2.05) is 6.92 Å². The van der Waals surface area contributed by atoms with Crippen LogP contribution >= 0.6 is 12.6 Å². The number of nitrogens with zero attached hydrogens (tertiary/aromatic N) is 1. The van der Waals surface area contributed by atoms with Crippen LogP contribution in [0.3, 0.4) is 0 Å². The van der Waals surface area contributed by atoms with Gasteiger partial charge in [-0.3, -0.25) is 19.9 Å². The van der Waals surface area contributed by atoms with Gasteiger partial charge in [0.1, 0.15) is 5.75 Å². The number of carbonyl (C=O) groups is 1. The smallest absolute Gasteiger partial charge is 0.252 e. The number of rotatable bonds is 11. The van der Waals surface area contributed by atoms with Crippen molar-refractivity contribution in [3.05, 3.63) is 28.1 Å². The maximum atomic E-state index is 12.5. The molecule has 0 aromatic carbocycles. The molecule has 0 aliphatic heterocycles. The number of ether oxygens (including phenoxy) is 1. The molecule has 144 valence electrons. The van der Waals surface area contributed by atoms with E-state index in [2.05, 4.69) is 24.5 Å². The largest absolute Gasteiger partial charge is 0.496 e. The molecule has 0 aliphatic carbocycles. The molecule has 1 rings (SSSR count). The SMILES string of the molecule is CCCCCCCC(C)N(C=N)C(=O)/C=C/c1c(OC)cc(=O)[nH]c1S. The number of pyridine rings is 1. The van der Waals surface area contributed by atoms with Gasteiger partial charge in [0.15, 0.2) is 0 Å². The number of hydrogen-bond donors (Lipinski definition) is 3. The maximum Gasteiger partial charge on any atom is 0.252 e. The van der Waals surface area contributed by atoms with Gasteiger partial charge in [-0.05, 0) is 19.4 Å². The summed E-state index contributed by atoms with van der Waals surface area (Å²) in [5, 5.41) is 7.88. The third-order valence-corrected chi connectivity index (χ3v) is 4.58. The second-order valence-electron chi connectivity index (χ2n) is 6.22. The van der Waals surface area contributed by atoms with Crippen molar-refractivity contribution in [2.75, 3.05) is 7.11 Å². The highest BCUT2D eigenvalue weighted by molar-refractivity contribution is 7.80. The van der Waals surface area contributed by atoms with E-state index in [0.29, 0.717) is 16.3 Å². The lowest BCUT2D eigenvalue weighted by Crippen LogP contribution is -2.36. The van der Waals surface area contributed by atoms with E-state index in [1.54, 1.807) is 6.08 Å². The van der Waals surface area contributed by atoms with Crippen molar-refractivity contribution in [1.29, 1.82) is 5.41 Å². The Balaban J connectivity index is 2.76. The summed E-state index contributed by atoms with van der Waals surface area (Å²) in [5.41, 5.74) is 0.189. The summed E-state index contributed by atoms with van der Waals surface area (Å²) in [6.07, 6.45) is 10.7. The Labute approximate surface area is 160 Å². The van der Waals surface area contributed by atoms with Gasteiger partial charge in [0.05, 0.1) is 18.5 Å². The van der Waals surface area contributed by atoms with Gasteiger partial charge in [-0.1, -0.05) is 39.0 Å². The van der Waals surface area contributed by atoms with E-state index in [-0.39, 0.29) is 17.5 Å². The highest BCUT2D eigenvalue weighted by Crippen LogP contribution is 2.23. The predicted molar refractivity (Wildman–Crippen MR) is 108 cm³/mol. The molecule has 1 amide bonds. The fraction of sp³-hybridized carbons (Fsp3) is 0.526. The van der Waals surface area contributed by atoms with Crippen LogP contribution in [0.25, 0.3) is 6.08 Å². The molecule has 1 aromatic rings. The summed E-state index contributed by atoms with van der Waals surface area (Å²) in [6.45, 7) is 4.12. The molecule has 2 N–H and O–H groups in total. The number of H-pyrrole nitrogens is 1. The van der Waals surface area contributed by atoms with Crippen molar-refractivity contribution >= 4 is 31.0 Å². The molecule has 1 aromatic heterocycles. The number of aromatic amines is 1. The van der Waals surface area contributed by atoms with Crippen LogP contribution in [0, 0.1) is 5.41 Å². The Morgan fingerprint density at radius 1 is 1.38 bits per heavy atom. The van der Waals surface area contributed by atoms with E-state index < -0.39 is 0 Å². The molecule has 1 atom stereocenters. The van der Waals surface area contributed by atoms with E-state index in [0.717, 1.165) is 25.6 Å². The van der Waals surface area contributed by atoms with Crippen LogP contribution in [0.15, 0.2) is 22.0 Å². The number of aromatic nitrogens is 1. The first-order valence-corrected chi connectivity index (χ1v) is 9.40. The molecule has 6 nitrogen and oxygen atoms in total. The van der Waals surface area contributed by atoms with Crippen LogP contribution in [0.5, 0.6) is 5.75 Å². The van der Waals surface area contributed by atoms with Crippen LogP contribution in [-0.4, -0.2) is 35.3 Å². The molecule has 0 saturated heterocycles. The predicted octanol–water partition coefficient (Wildman–Crippen LogP) is 3.87. The summed E-state index contributed by atoms with van der Waals surface area (Å²) in [5.74, 6) is 0.0511. The molecule has 0 aliphatic rings. The molecule has 0 fully saturated rings. The molecule has 0 bridgehead atoms. The normalized spacial score (nSPS) is 12.2. The van der Waals surface area contributed by atoms with Crippen molar-refractivity contribution in [3.8, 4) is 5.75 Å². The van der Waals surface area contributed by atoms with Gasteiger partial charge in [0.25, 0.3) is 11.5 Å². The first-order valence-electron chi connectivity index (χ1n) is 8.95. The average Bonchev–Trinajstić information content (AvgIpc) is 2.60. The van der Waals surface area contributed by atoms with Crippen LogP contribution < -0.4 is 10.3 Å². The molecule has 26 heavy (non-hydrogen) atoms. The zero-order valence-electron chi connectivity index (χ0n) is 15.7. The monoisotopic (exact) mass is 379 g/mol. The lowest BCUT2D eigenvalue weighted by Gasteiger charge is -2.23. The highest BCUT2D eigenvalue weighted by Gasteiger charge is 2.16. The lowest BCUT2D eigenvalue weighted by atomic mass is 10.1. The van der Waals surface area contributed by atoms with Gasteiger partial charge in [-0.2, -0.15) is 0 Å². The molecular formula is C19H29N3O3S. The Bertz CT molecular complexity index is 685. The van der Waals surface area contributed by atoms with Crippen LogP contribution in [-0.2, 0) is 4.79 Å². The number of hydrogen-bond acceptors (Lipinski definition) is 5. The van der Waals surface area contributed by atoms with Gasteiger partial charge >= 0.3 is 0 Å². The van der Waals surface area contributed by atoms with E-state index in [9.17, 15) is 9.59 Å². The number of thiol groups is 1. The zero-order chi connectivity index (χ0) is 19.5. The summed E-state index contributed by atoms with van der Waals surface area (Å²) < 4.78 is 5.17. The Hall–Kier alpha value is -2.02. The van der Waals surface area contributed by atoms with E-state index in [4.69, 9.17) is 10.1 Å². The Morgan fingerprint density at radius 2 is 2.08 bits per heavy atom. The summed E-state index contributed by atoms with van der Waals surface area (Å²) in [7, 11) is 1.45. The van der Waals surface area contributed by atoms with Gasteiger partial charge < -0.3 is 9.72 Å². The third-order valence-electron chi connectivity index (χ3n) is 4.23. The fourth-order valence-corrected chi connectivity index (χ4v) is 2.99. The molecular weight excluding hydrogens is 350 g/mol. The Kier molecular flexibility index (Phi) is 9.80. The number of nitrogens with one attached hydrogen (secondary N) is 2. The Morgan fingerprint density at radius 3 is 2.69 bits per heavy atom. The van der Waals surface area contributed by atoms with Crippen molar-refractivity contribution in [2.24, 2.45) is 0 Å². The van der Waals surface area contributed by atoms with Crippen molar-refractivity contribution in [2.45, 2.75) is 63.4 Å². The quantitative estimate of drug-likeness (QED) is 0.179. The second-order valence-corrected chi connectivity index (χ2v) is 6.67.